The van der Waals surface area contributed by atoms with Crippen LogP contribution in [0.5, 0.6) is 0 Å². The molecular formula is C17H22N4O2S2. The molecule has 1 aromatic carbocycles. The van der Waals surface area contributed by atoms with Gasteiger partial charge in [0, 0.05) is 24.9 Å². The van der Waals surface area contributed by atoms with Crippen LogP contribution >= 0.6 is 11.8 Å². The highest BCUT2D eigenvalue weighted by Crippen LogP contribution is 2.24. The van der Waals surface area contributed by atoms with Gasteiger partial charge in [0.15, 0.2) is 0 Å². The zero-order valence-electron chi connectivity index (χ0n) is 14.1. The molecule has 0 radical (unpaired) electrons. The number of sulfonamides is 1. The van der Waals surface area contributed by atoms with E-state index in [1.807, 2.05) is 18.2 Å². The molecule has 3 rings (SSSR count). The highest BCUT2D eigenvalue weighted by atomic mass is 32.2. The quantitative estimate of drug-likeness (QED) is 0.778. The molecule has 1 N–H and O–H groups in total. The predicted octanol–water partition coefficient (Wildman–Crippen LogP) is 2.29. The Bertz CT molecular complexity index is 791. The van der Waals surface area contributed by atoms with Crippen molar-refractivity contribution in [2.45, 2.75) is 29.7 Å². The zero-order valence-corrected chi connectivity index (χ0v) is 15.8. The van der Waals surface area contributed by atoms with Crippen molar-refractivity contribution < 1.29 is 8.42 Å². The fourth-order valence-corrected chi connectivity index (χ4v) is 4.46. The second kappa shape index (κ2) is 8.16. The van der Waals surface area contributed by atoms with Gasteiger partial charge in [0.05, 0.1) is 18.6 Å². The van der Waals surface area contributed by atoms with E-state index in [-0.39, 0.29) is 6.04 Å². The number of thioether (sulfide) groups is 1. The van der Waals surface area contributed by atoms with Gasteiger partial charge in [0.25, 0.3) is 0 Å². The first-order valence-electron chi connectivity index (χ1n) is 8.20. The third kappa shape index (κ3) is 5.69. The molecule has 0 atom stereocenters. The second-order valence-electron chi connectivity index (χ2n) is 6.14. The number of aromatic nitrogens is 2. The fraction of sp³-hybridized carbons (Fsp3) is 0.412. The van der Waals surface area contributed by atoms with E-state index in [0.717, 1.165) is 42.5 Å². The molecule has 25 heavy (non-hydrogen) atoms. The number of anilines is 1. The molecule has 0 unspecified atom stereocenters. The van der Waals surface area contributed by atoms with Gasteiger partial charge in [0.1, 0.15) is 10.8 Å². The Balaban J connectivity index is 1.57. The average Bonchev–Trinajstić information content (AvgIpc) is 2.60. The van der Waals surface area contributed by atoms with E-state index >= 15 is 0 Å². The van der Waals surface area contributed by atoms with E-state index in [0.29, 0.717) is 0 Å². The molecule has 2 aromatic rings. The van der Waals surface area contributed by atoms with Gasteiger partial charge >= 0.3 is 0 Å². The maximum atomic E-state index is 11.3. The van der Waals surface area contributed by atoms with Gasteiger partial charge in [-0.1, -0.05) is 30.3 Å². The number of hydrogen-bond donors (Lipinski definition) is 1. The summed E-state index contributed by atoms with van der Waals surface area (Å²) in [5.74, 6) is 1.72. The Labute approximate surface area is 153 Å². The van der Waals surface area contributed by atoms with Crippen molar-refractivity contribution in [1.82, 2.24) is 14.7 Å². The third-order valence-electron chi connectivity index (χ3n) is 4.03. The molecule has 2 heterocycles. The standard InChI is InChI=1S/C17H22N4O2S2/c1-25(22,23)20-15-7-9-21(10-8-15)16-11-18-12-17(19-16)24-13-14-5-3-2-4-6-14/h2-6,11-12,15,20H,7-10,13H2,1H3. The van der Waals surface area contributed by atoms with Gasteiger partial charge in [0.2, 0.25) is 10.0 Å². The van der Waals surface area contributed by atoms with Crippen molar-refractivity contribution in [3.63, 3.8) is 0 Å². The van der Waals surface area contributed by atoms with Crippen LogP contribution < -0.4 is 9.62 Å². The Kier molecular flexibility index (Phi) is 5.93. The Morgan fingerprint density at radius 2 is 1.92 bits per heavy atom. The van der Waals surface area contributed by atoms with Gasteiger partial charge in [-0.25, -0.2) is 18.1 Å². The van der Waals surface area contributed by atoms with Gasteiger partial charge in [-0.2, -0.15) is 0 Å². The first-order chi connectivity index (χ1) is 12.0. The fourth-order valence-electron chi connectivity index (χ4n) is 2.82. The Hall–Kier alpha value is -1.64. The lowest BCUT2D eigenvalue weighted by Crippen LogP contribution is -2.44. The van der Waals surface area contributed by atoms with E-state index in [1.165, 1.54) is 11.8 Å². The molecule has 1 fully saturated rings. The molecular weight excluding hydrogens is 356 g/mol. The Morgan fingerprint density at radius 3 is 2.60 bits per heavy atom. The smallest absolute Gasteiger partial charge is 0.208 e. The zero-order chi connectivity index (χ0) is 17.7. The van der Waals surface area contributed by atoms with Crippen LogP contribution in [0.15, 0.2) is 47.8 Å². The number of hydrogen-bond acceptors (Lipinski definition) is 6. The van der Waals surface area contributed by atoms with E-state index in [1.54, 1.807) is 24.2 Å². The summed E-state index contributed by atoms with van der Waals surface area (Å²) in [5, 5.41) is 0.901. The topological polar surface area (TPSA) is 75.2 Å². The lowest BCUT2D eigenvalue weighted by Gasteiger charge is -2.32. The molecule has 0 amide bonds. The van der Waals surface area contributed by atoms with Crippen molar-refractivity contribution >= 4 is 27.6 Å². The molecule has 8 heteroatoms. The van der Waals surface area contributed by atoms with Crippen LogP contribution in [0.4, 0.5) is 5.82 Å². The van der Waals surface area contributed by atoms with Crippen LogP contribution in [0.25, 0.3) is 0 Å². The van der Waals surface area contributed by atoms with Crippen LogP contribution in [0, 0.1) is 0 Å². The summed E-state index contributed by atoms with van der Waals surface area (Å²) in [7, 11) is -3.15. The highest BCUT2D eigenvalue weighted by molar-refractivity contribution is 7.98. The molecule has 134 valence electrons. The molecule has 6 nitrogen and oxygen atoms in total. The van der Waals surface area contributed by atoms with E-state index < -0.39 is 10.0 Å². The third-order valence-corrected chi connectivity index (χ3v) is 5.76. The highest BCUT2D eigenvalue weighted by Gasteiger charge is 2.22. The first kappa shape index (κ1) is 18.2. The van der Waals surface area contributed by atoms with Crippen LogP contribution in [0.2, 0.25) is 0 Å². The lowest BCUT2D eigenvalue weighted by molar-refractivity contribution is 0.459. The normalized spacial score (nSPS) is 16.1. The SMILES string of the molecule is CS(=O)(=O)NC1CCN(c2cncc(SCc3ccccc3)n2)CC1. The number of benzene rings is 1. The predicted molar refractivity (Wildman–Crippen MR) is 101 cm³/mol. The van der Waals surface area contributed by atoms with Gasteiger partial charge in [-0.15, -0.1) is 11.8 Å². The number of piperidine rings is 1. The average molecular weight is 379 g/mol. The summed E-state index contributed by atoms with van der Waals surface area (Å²) in [6.45, 7) is 1.54. The van der Waals surface area contributed by atoms with Crippen molar-refractivity contribution in [3.05, 3.63) is 48.3 Å². The van der Waals surface area contributed by atoms with Gasteiger partial charge in [-0.3, -0.25) is 4.98 Å². The summed E-state index contributed by atoms with van der Waals surface area (Å²) < 4.78 is 25.4. The lowest BCUT2D eigenvalue weighted by atomic mass is 10.1. The van der Waals surface area contributed by atoms with Gasteiger partial charge < -0.3 is 4.90 Å². The van der Waals surface area contributed by atoms with E-state index in [2.05, 4.69) is 26.7 Å². The van der Waals surface area contributed by atoms with Crippen molar-refractivity contribution in [1.29, 1.82) is 0 Å². The molecule has 1 aliphatic heterocycles. The number of nitrogens with one attached hydrogen (secondary N) is 1. The van der Waals surface area contributed by atoms with Crippen molar-refractivity contribution in [2.75, 3.05) is 24.2 Å². The monoisotopic (exact) mass is 378 g/mol. The summed E-state index contributed by atoms with van der Waals surface area (Å²) in [6.07, 6.45) is 6.32. The molecule has 0 spiro atoms. The molecule has 0 aliphatic carbocycles. The minimum absolute atomic E-state index is 0.00912. The molecule has 1 aromatic heterocycles. The van der Waals surface area contributed by atoms with E-state index in [9.17, 15) is 8.42 Å². The number of nitrogens with zero attached hydrogens (tertiary/aromatic N) is 3. The molecule has 1 saturated heterocycles. The summed E-state index contributed by atoms with van der Waals surface area (Å²) >= 11 is 1.67. The summed E-state index contributed by atoms with van der Waals surface area (Å²) in [5.41, 5.74) is 1.26. The minimum atomic E-state index is -3.15. The molecule has 0 bridgehead atoms. The largest absolute Gasteiger partial charge is 0.355 e. The van der Waals surface area contributed by atoms with Crippen molar-refractivity contribution in [3.8, 4) is 0 Å². The Morgan fingerprint density at radius 1 is 1.20 bits per heavy atom. The minimum Gasteiger partial charge on any atom is -0.355 e. The van der Waals surface area contributed by atoms with Crippen LogP contribution in [0.1, 0.15) is 18.4 Å². The van der Waals surface area contributed by atoms with E-state index in [4.69, 9.17) is 4.98 Å². The second-order valence-corrected chi connectivity index (χ2v) is 8.92. The summed E-state index contributed by atoms with van der Waals surface area (Å²) in [6, 6.07) is 10.3. The first-order valence-corrected chi connectivity index (χ1v) is 11.1. The van der Waals surface area contributed by atoms with Crippen LogP contribution in [0.3, 0.4) is 0 Å². The number of rotatable bonds is 6. The van der Waals surface area contributed by atoms with Crippen molar-refractivity contribution in [2.24, 2.45) is 0 Å². The molecule has 1 aliphatic rings. The molecule has 0 saturated carbocycles. The maximum absolute atomic E-state index is 11.3. The van der Waals surface area contributed by atoms with Crippen LogP contribution in [-0.4, -0.2) is 43.8 Å². The van der Waals surface area contributed by atoms with Crippen LogP contribution in [-0.2, 0) is 15.8 Å². The summed E-state index contributed by atoms with van der Waals surface area (Å²) in [4.78, 5) is 11.2. The van der Waals surface area contributed by atoms with Gasteiger partial charge in [-0.05, 0) is 18.4 Å². The maximum Gasteiger partial charge on any atom is 0.208 e.